The second-order valence-electron chi connectivity index (χ2n) is 12.7. The van der Waals surface area contributed by atoms with E-state index in [0.717, 1.165) is 33.4 Å². The first-order valence-corrected chi connectivity index (χ1v) is 17.9. The number of amides is 2. The lowest BCUT2D eigenvalue weighted by atomic mass is 10.1. The summed E-state index contributed by atoms with van der Waals surface area (Å²) in [5, 5.41) is 2.80. The zero-order chi connectivity index (χ0) is 38.4. The number of pyridine rings is 2. The molecule has 6 aromatic rings. The van der Waals surface area contributed by atoms with E-state index in [1.165, 1.54) is 18.3 Å². The molecule has 2 aromatic heterocycles. The van der Waals surface area contributed by atoms with E-state index in [9.17, 15) is 19.2 Å². The topological polar surface area (TPSA) is 150 Å². The Labute approximate surface area is 318 Å². The Bertz CT molecular complexity index is 2300. The van der Waals surface area contributed by atoms with E-state index < -0.39 is 5.91 Å². The van der Waals surface area contributed by atoms with Gasteiger partial charge in [-0.25, -0.2) is 0 Å². The maximum Gasteiger partial charge on any atom is 0.277 e. The van der Waals surface area contributed by atoms with Crippen LogP contribution < -0.4 is 36.9 Å². The highest BCUT2D eigenvalue weighted by molar-refractivity contribution is 5.96. The smallest absolute Gasteiger partial charge is 0.277 e. The molecule has 280 valence electrons. The van der Waals surface area contributed by atoms with Gasteiger partial charge in [0.1, 0.15) is 19.9 Å². The van der Waals surface area contributed by atoms with Crippen LogP contribution in [0.2, 0.25) is 0 Å². The molecule has 0 radical (unpaired) electrons. The average Bonchev–Trinajstić information content (AvgIpc) is 3.22. The van der Waals surface area contributed by atoms with E-state index in [4.69, 9.17) is 15.3 Å². The molecular weight excluding hydrogens is 697 g/mol. The Hall–Kier alpha value is -7.08. The van der Waals surface area contributed by atoms with Gasteiger partial charge in [0.25, 0.3) is 11.8 Å². The molecule has 0 bridgehead atoms. The van der Waals surface area contributed by atoms with Gasteiger partial charge >= 0.3 is 0 Å². The summed E-state index contributed by atoms with van der Waals surface area (Å²) in [6.45, 7) is 1.75. The highest BCUT2D eigenvalue weighted by Crippen LogP contribution is 2.20. The average molecular weight is 739 g/mol. The summed E-state index contributed by atoms with van der Waals surface area (Å²) in [5.41, 5.74) is 6.79. The van der Waals surface area contributed by atoms with Crippen molar-refractivity contribution in [2.24, 2.45) is 0 Å². The Morgan fingerprint density at radius 2 is 1.13 bits per heavy atom. The fourth-order valence-corrected chi connectivity index (χ4v) is 5.86. The number of hydrogen-bond acceptors (Lipinski definition) is 8. The maximum atomic E-state index is 13.1. The first kappa shape index (κ1) is 37.7. The molecule has 1 aliphatic rings. The number of fused-ring (bicyclic) bond motifs is 1. The monoisotopic (exact) mass is 738 g/mol. The number of carbonyl (C=O) groups excluding carboxylic acids is 2. The predicted octanol–water partition coefficient (Wildman–Crippen LogP) is 4.74. The summed E-state index contributed by atoms with van der Waals surface area (Å²) in [7, 11) is 0. The SMILES string of the molecule is Nn1ccc(=O)c(OCc2ccccc2)c1C(=O)NCCc1ccccc1.O=C1c2c(OCc3ccccc3)c(=O)ccn2NCN1CCc1ccccc1. The lowest BCUT2D eigenvalue weighted by molar-refractivity contribution is 0.0721. The van der Waals surface area contributed by atoms with E-state index in [1.54, 1.807) is 15.8 Å². The van der Waals surface area contributed by atoms with Crippen LogP contribution in [-0.2, 0) is 26.1 Å². The van der Waals surface area contributed by atoms with Crippen molar-refractivity contribution in [2.45, 2.75) is 26.1 Å². The number of nitrogens with zero attached hydrogens (tertiary/aromatic N) is 3. The number of benzene rings is 4. The standard InChI is InChI=1S/C22H21N3O3.C21H21N3O3/c26-19-12-14-25-20(21(19)28-15-18-9-5-2-6-10-18)22(27)24(16-23-25)13-11-17-7-3-1-4-8-17;22-24-14-12-18(25)20(27-15-17-9-5-2-6-10-17)19(24)21(26)23-13-11-16-7-3-1-4-8-16/h1-10,12,14,23H,11,13,15-16H2;1-10,12,14H,11,13,15,22H2,(H,23,26). The van der Waals surface area contributed by atoms with Gasteiger partial charge in [0, 0.05) is 37.6 Å². The molecule has 4 N–H and O–H groups in total. The Morgan fingerprint density at radius 3 is 1.71 bits per heavy atom. The van der Waals surface area contributed by atoms with Crippen molar-refractivity contribution in [2.75, 3.05) is 31.0 Å². The molecule has 2 amide bonds. The first-order chi connectivity index (χ1) is 26.9. The summed E-state index contributed by atoms with van der Waals surface area (Å²) in [5.74, 6) is 5.24. The summed E-state index contributed by atoms with van der Waals surface area (Å²) < 4.78 is 14.1. The zero-order valence-electron chi connectivity index (χ0n) is 30.2. The van der Waals surface area contributed by atoms with Crippen LogP contribution in [0.5, 0.6) is 11.5 Å². The fraction of sp³-hybridized carbons (Fsp3) is 0.163. The molecule has 0 atom stereocenters. The van der Waals surface area contributed by atoms with E-state index in [-0.39, 0.29) is 52.9 Å². The van der Waals surface area contributed by atoms with Crippen LogP contribution in [0.25, 0.3) is 0 Å². The second-order valence-corrected chi connectivity index (χ2v) is 12.7. The summed E-state index contributed by atoms with van der Waals surface area (Å²) in [6, 6.07) is 41.5. The Morgan fingerprint density at radius 1 is 0.636 bits per heavy atom. The molecular formula is C43H42N6O6. The molecule has 55 heavy (non-hydrogen) atoms. The Kier molecular flexibility index (Phi) is 12.7. The Balaban J connectivity index is 0.000000187. The van der Waals surface area contributed by atoms with Crippen molar-refractivity contribution >= 4 is 11.8 Å². The molecule has 3 heterocycles. The summed E-state index contributed by atoms with van der Waals surface area (Å²) in [6.07, 6.45) is 4.34. The third kappa shape index (κ3) is 10.1. The van der Waals surface area contributed by atoms with Gasteiger partial charge in [-0.3, -0.25) is 28.5 Å². The molecule has 7 rings (SSSR count). The first-order valence-electron chi connectivity index (χ1n) is 17.9. The van der Waals surface area contributed by atoms with Crippen molar-refractivity contribution < 1.29 is 19.1 Å². The fourth-order valence-electron chi connectivity index (χ4n) is 5.86. The number of nitrogen functional groups attached to an aromatic ring is 1. The van der Waals surface area contributed by atoms with Gasteiger partial charge in [0.05, 0.1) is 0 Å². The number of carbonyl (C=O) groups is 2. The van der Waals surface area contributed by atoms with E-state index >= 15 is 0 Å². The molecule has 12 nitrogen and oxygen atoms in total. The third-order valence-electron chi connectivity index (χ3n) is 8.78. The maximum absolute atomic E-state index is 13.1. The molecule has 0 unspecified atom stereocenters. The number of ether oxygens (including phenoxy) is 2. The van der Waals surface area contributed by atoms with E-state index in [1.807, 2.05) is 121 Å². The van der Waals surface area contributed by atoms with Crippen LogP contribution in [0.1, 0.15) is 43.2 Å². The number of nitrogens with two attached hydrogens (primary N) is 1. The second kappa shape index (κ2) is 18.6. The predicted molar refractivity (Wildman–Crippen MR) is 211 cm³/mol. The molecule has 0 saturated heterocycles. The lowest BCUT2D eigenvalue weighted by Gasteiger charge is -2.31. The van der Waals surface area contributed by atoms with Crippen LogP contribution in [0.4, 0.5) is 0 Å². The number of rotatable bonds is 13. The van der Waals surface area contributed by atoms with Crippen molar-refractivity contribution in [3.05, 3.63) is 200 Å². The summed E-state index contributed by atoms with van der Waals surface area (Å²) >= 11 is 0. The largest absolute Gasteiger partial charge is 0.482 e. The molecule has 4 aromatic carbocycles. The molecule has 0 aliphatic carbocycles. The van der Waals surface area contributed by atoms with Crippen LogP contribution in [0, 0.1) is 0 Å². The quantitative estimate of drug-likeness (QED) is 0.144. The van der Waals surface area contributed by atoms with Gasteiger partial charge in [-0.1, -0.05) is 121 Å². The minimum atomic E-state index is -0.450. The van der Waals surface area contributed by atoms with Crippen LogP contribution in [0.3, 0.4) is 0 Å². The van der Waals surface area contributed by atoms with Crippen LogP contribution >= 0.6 is 0 Å². The molecule has 12 heteroatoms. The van der Waals surface area contributed by atoms with Gasteiger partial charge in [-0.2, -0.15) is 0 Å². The minimum Gasteiger partial charge on any atom is -0.482 e. The number of nitrogens with one attached hydrogen (secondary N) is 2. The molecule has 0 saturated carbocycles. The normalized spacial score (nSPS) is 11.7. The van der Waals surface area contributed by atoms with Crippen molar-refractivity contribution in [3.63, 3.8) is 0 Å². The van der Waals surface area contributed by atoms with Crippen LogP contribution in [0.15, 0.2) is 155 Å². The van der Waals surface area contributed by atoms with E-state index in [2.05, 4.69) is 10.7 Å². The van der Waals surface area contributed by atoms with Crippen molar-refractivity contribution in [3.8, 4) is 11.5 Å². The van der Waals surface area contributed by atoms with Gasteiger partial charge in [0.2, 0.25) is 10.9 Å². The van der Waals surface area contributed by atoms with Crippen molar-refractivity contribution in [1.29, 1.82) is 0 Å². The number of hydrogen-bond donors (Lipinski definition) is 3. The zero-order valence-corrected chi connectivity index (χ0v) is 30.2. The van der Waals surface area contributed by atoms with Crippen LogP contribution in [-0.4, -0.2) is 45.8 Å². The van der Waals surface area contributed by atoms with E-state index in [0.29, 0.717) is 26.2 Å². The highest BCUT2D eigenvalue weighted by Gasteiger charge is 2.29. The van der Waals surface area contributed by atoms with Gasteiger partial charge in [-0.05, 0) is 35.1 Å². The highest BCUT2D eigenvalue weighted by atomic mass is 16.5. The van der Waals surface area contributed by atoms with Gasteiger partial charge < -0.3 is 31.0 Å². The summed E-state index contributed by atoms with van der Waals surface area (Å²) in [4.78, 5) is 52.0. The van der Waals surface area contributed by atoms with Crippen molar-refractivity contribution in [1.82, 2.24) is 19.6 Å². The van der Waals surface area contributed by atoms with Gasteiger partial charge in [-0.15, -0.1) is 0 Å². The molecule has 0 fully saturated rings. The molecule has 1 aliphatic heterocycles. The molecule has 0 spiro atoms. The lowest BCUT2D eigenvalue weighted by Crippen LogP contribution is -2.47. The van der Waals surface area contributed by atoms with Gasteiger partial charge in [0.15, 0.2) is 22.9 Å². The minimum absolute atomic E-state index is 0.00601. The third-order valence-corrected chi connectivity index (χ3v) is 8.78. The number of aromatic nitrogens is 2.